The van der Waals surface area contributed by atoms with Crippen molar-refractivity contribution in [1.82, 2.24) is 0 Å². The van der Waals surface area contributed by atoms with Gasteiger partial charge in [0.1, 0.15) is 5.71 Å². The maximum absolute atomic E-state index is 10.8. The molecule has 3 rings (SSSR count). The highest BCUT2D eigenvalue weighted by Gasteiger charge is 2.16. The Morgan fingerprint density at radius 3 is 3.07 bits per heavy atom. The molecule has 1 N–H and O–H groups in total. The summed E-state index contributed by atoms with van der Waals surface area (Å²) in [4.78, 5) is 19.2. The molecule has 0 saturated heterocycles. The molecule has 0 amide bonds. The summed E-state index contributed by atoms with van der Waals surface area (Å²) in [7, 11) is 0. The van der Waals surface area contributed by atoms with E-state index in [2.05, 4.69) is 9.98 Å². The first kappa shape index (κ1) is 8.35. The van der Waals surface area contributed by atoms with Crippen molar-refractivity contribution < 1.29 is 9.90 Å². The van der Waals surface area contributed by atoms with Gasteiger partial charge >= 0.3 is 5.97 Å². The van der Waals surface area contributed by atoms with Crippen molar-refractivity contribution in [2.75, 3.05) is 6.54 Å². The molecule has 0 saturated carbocycles. The molecule has 1 aromatic rings. The number of carboxylic acids is 1. The average Bonchev–Trinajstić information content (AvgIpc) is 2.82. The largest absolute Gasteiger partial charge is 0.477 e. The lowest BCUT2D eigenvalue weighted by Crippen LogP contribution is -2.25. The summed E-state index contributed by atoms with van der Waals surface area (Å²) in [5.41, 5.74) is 2.00. The second-order valence-electron chi connectivity index (χ2n) is 3.58. The first-order chi connectivity index (χ1) is 7.25. The molecule has 0 aromatic heterocycles. The fraction of sp³-hybridized carbons (Fsp3) is 0.182. The van der Waals surface area contributed by atoms with Gasteiger partial charge in [-0.25, -0.2) is 9.79 Å². The van der Waals surface area contributed by atoms with Crippen molar-refractivity contribution in [2.45, 2.75) is 6.42 Å². The van der Waals surface area contributed by atoms with Crippen LogP contribution in [0.15, 0.2) is 22.1 Å². The summed E-state index contributed by atoms with van der Waals surface area (Å²) in [6.07, 6.45) is 2.55. The van der Waals surface area contributed by atoms with Gasteiger partial charge in [0.25, 0.3) is 0 Å². The van der Waals surface area contributed by atoms with Crippen molar-refractivity contribution >= 4 is 23.4 Å². The smallest absolute Gasteiger partial charge is 0.354 e. The Balaban J connectivity index is 2.33. The van der Waals surface area contributed by atoms with Crippen LogP contribution in [0.4, 0.5) is 5.69 Å². The highest BCUT2D eigenvalue weighted by atomic mass is 16.4. The van der Waals surface area contributed by atoms with Gasteiger partial charge in [-0.05, 0) is 24.1 Å². The molecule has 4 heteroatoms. The standard InChI is InChI=1S/C11H8N2O2/c14-11(15)9-5-7-8(13-9)2-1-6-3-4-12-10(6)7/h1-2,5H,3-4H2,(H,14,15). The van der Waals surface area contributed by atoms with E-state index in [-0.39, 0.29) is 5.71 Å². The topological polar surface area (TPSA) is 62.0 Å². The van der Waals surface area contributed by atoms with Gasteiger partial charge in [0, 0.05) is 11.8 Å². The number of hydrogen-bond acceptors (Lipinski definition) is 3. The lowest BCUT2D eigenvalue weighted by Gasteiger charge is -1.93. The Labute approximate surface area is 85.3 Å². The predicted octanol–water partition coefficient (Wildman–Crippen LogP) is -0.187. The van der Waals surface area contributed by atoms with Crippen LogP contribution in [-0.4, -0.2) is 23.3 Å². The van der Waals surface area contributed by atoms with E-state index in [1.54, 1.807) is 6.08 Å². The third-order valence-corrected chi connectivity index (χ3v) is 2.67. The van der Waals surface area contributed by atoms with Crippen molar-refractivity contribution in [3.8, 4) is 0 Å². The summed E-state index contributed by atoms with van der Waals surface area (Å²) in [5, 5.41) is 10.6. The van der Waals surface area contributed by atoms with E-state index in [1.807, 2.05) is 12.1 Å². The van der Waals surface area contributed by atoms with Gasteiger partial charge in [-0.2, -0.15) is 0 Å². The van der Waals surface area contributed by atoms with Gasteiger partial charge in [0.05, 0.1) is 11.0 Å². The van der Waals surface area contributed by atoms with Gasteiger partial charge in [0.2, 0.25) is 0 Å². The SMILES string of the molecule is O=C(O)C1=Nc2ccc3c(c2=C1)=NCC3. The highest BCUT2D eigenvalue weighted by Crippen LogP contribution is 2.12. The van der Waals surface area contributed by atoms with E-state index >= 15 is 0 Å². The molecular weight excluding hydrogens is 192 g/mol. The minimum absolute atomic E-state index is 0.0977. The quantitative estimate of drug-likeness (QED) is 0.683. The van der Waals surface area contributed by atoms with Crippen LogP contribution >= 0.6 is 0 Å². The van der Waals surface area contributed by atoms with Crippen LogP contribution in [-0.2, 0) is 11.2 Å². The maximum atomic E-state index is 10.8. The lowest BCUT2D eigenvalue weighted by atomic mass is 10.1. The number of rotatable bonds is 1. The normalized spacial score (nSPS) is 16.1. The second-order valence-corrected chi connectivity index (χ2v) is 3.58. The molecule has 2 aliphatic heterocycles. The molecule has 0 atom stereocenters. The van der Waals surface area contributed by atoms with Crippen LogP contribution in [0.5, 0.6) is 0 Å². The fourth-order valence-electron chi connectivity index (χ4n) is 1.97. The maximum Gasteiger partial charge on any atom is 0.354 e. The monoisotopic (exact) mass is 200 g/mol. The zero-order valence-corrected chi connectivity index (χ0v) is 7.90. The van der Waals surface area contributed by atoms with Crippen LogP contribution in [0.25, 0.3) is 6.08 Å². The highest BCUT2D eigenvalue weighted by molar-refractivity contribution is 6.49. The molecule has 0 spiro atoms. The molecule has 4 nitrogen and oxygen atoms in total. The van der Waals surface area contributed by atoms with E-state index in [4.69, 9.17) is 5.11 Å². The average molecular weight is 200 g/mol. The molecular formula is C11H8N2O2. The van der Waals surface area contributed by atoms with Crippen molar-refractivity contribution in [3.63, 3.8) is 0 Å². The molecule has 74 valence electrons. The third kappa shape index (κ3) is 1.11. The van der Waals surface area contributed by atoms with Gasteiger partial charge in [-0.1, -0.05) is 6.07 Å². The molecule has 2 heterocycles. The van der Waals surface area contributed by atoms with Crippen molar-refractivity contribution in [1.29, 1.82) is 0 Å². The summed E-state index contributed by atoms with van der Waals surface area (Å²) in [6, 6.07) is 3.84. The molecule has 0 aliphatic carbocycles. The van der Waals surface area contributed by atoms with Crippen LogP contribution in [0.1, 0.15) is 5.56 Å². The number of aliphatic imine (C=N–C) groups is 1. The summed E-state index contributed by atoms with van der Waals surface area (Å²) < 4.78 is 0. The van der Waals surface area contributed by atoms with E-state index in [0.717, 1.165) is 29.2 Å². The Morgan fingerprint density at radius 1 is 1.40 bits per heavy atom. The minimum Gasteiger partial charge on any atom is -0.477 e. The number of nitrogens with zero attached hydrogens (tertiary/aromatic N) is 2. The van der Waals surface area contributed by atoms with Crippen LogP contribution in [0.3, 0.4) is 0 Å². The fourth-order valence-corrected chi connectivity index (χ4v) is 1.97. The van der Waals surface area contributed by atoms with E-state index in [9.17, 15) is 4.79 Å². The van der Waals surface area contributed by atoms with Crippen LogP contribution in [0.2, 0.25) is 0 Å². The number of aliphatic carboxylic acids is 1. The molecule has 0 bridgehead atoms. The zero-order chi connectivity index (χ0) is 10.4. The predicted molar refractivity (Wildman–Crippen MR) is 55.0 cm³/mol. The van der Waals surface area contributed by atoms with E-state index in [1.165, 1.54) is 5.56 Å². The van der Waals surface area contributed by atoms with Gasteiger partial charge in [-0.15, -0.1) is 0 Å². The van der Waals surface area contributed by atoms with Crippen molar-refractivity contribution in [2.24, 2.45) is 9.98 Å². The Kier molecular flexibility index (Phi) is 1.54. The molecule has 0 unspecified atom stereocenters. The number of carbonyl (C=O) groups is 1. The van der Waals surface area contributed by atoms with Gasteiger partial charge < -0.3 is 5.11 Å². The van der Waals surface area contributed by atoms with E-state index in [0.29, 0.717) is 0 Å². The van der Waals surface area contributed by atoms with Crippen molar-refractivity contribution in [3.05, 3.63) is 28.3 Å². The Morgan fingerprint density at radius 2 is 2.27 bits per heavy atom. The molecule has 0 radical (unpaired) electrons. The summed E-state index contributed by atoms with van der Waals surface area (Å²) in [6.45, 7) is 0.794. The minimum atomic E-state index is -0.988. The first-order valence-electron chi connectivity index (χ1n) is 4.76. The second kappa shape index (κ2) is 2.76. The molecule has 1 aromatic carbocycles. The summed E-state index contributed by atoms with van der Waals surface area (Å²) >= 11 is 0. The Bertz CT molecular complexity index is 614. The number of benzene rings is 1. The number of hydrogen-bond donors (Lipinski definition) is 1. The third-order valence-electron chi connectivity index (χ3n) is 2.67. The lowest BCUT2D eigenvalue weighted by molar-refractivity contribution is -0.129. The zero-order valence-electron chi connectivity index (χ0n) is 7.90. The summed E-state index contributed by atoms with van der Waals surface area (Å²) in [5.74, 6) is -0.988. The van der Waals surface area contributed by atoms with Gasteiger partial charge in [0.15, 0.2) is 0 Å². The molecule has 2 aliphatic rings. The van der Waals surface area contributed by atoms with Crippen LogP contribution < -0.4 is 10.6 Å². The number of carboxylic acid groups (broad SMARTS) is 1. The van der Waals surface area contributed by atoms with E-state index < -0.39 is 5.97 Å². The van der Waals surface area contributed by atoms with Gasteiger partial charge in [-0.3, -0.25) is 4.99 Å². The first-order valence-corrected chi connectivity index (χ1v) is 4.76. The molecule has 15 heavy (non-hydrogen) atoms. The molecule has 0 fully saturated rings. The Hall–Kier alpha value is -1.97. The number of fused-ring (bicyclic) bond motifs is 3. The van der Waals surface area contributed by atoms with Crippen LogP contribution in [0, 0.1) is 0 Å².